The van der Waals surface area contributed by atoms with Crippen molar-refractivity contribution in [3.05, 3.63) is 29.8 Å². The summed E-state index contributed by atoms with van der Waals surface area (Å²) in [6.45, 7) is 0.292. The van der Waals surface area contributed by atoms with Gasteiger partial charge in [-0.25, -0.2) is 4.79 Å². The molecular formula is C16H23NO4. The monoisotopic (exact) mass is 293 g/mol. The van der Waals surface area contributed by atoms with Gasteiger partial charge >= 0.3 is 5.97 Å². The molecule has 0 aromatic heterocycles. The van der Waals surface area contributed by atoms with Gasteiger partial charge in [-0.15, -0.1) is 0 Å². The second-order valence-electron chi connectivity index (χ2n) is 5.36. The van der Waals surface area contributed by atoms with Gasteiger partial charge in [0.15, 0.2) is 5.54 Å². The Balaban J connectivity index is 2.14. The number of methoxy groups -OCH3 is 1. The maximum Gasteiger partial charge on any atom is 0.329 e. The molecule has 0 bridgehead atoms. The van der Waals surface area contributed by atoms with Crippen LogP contribution in [0.4, 0.5) is 0 Å². The summed E-state index contributed by atoms with van der Waals surface area (Å²) in [5.41, 5.74) is 0.145. The van der Waals surface area contributed by atoms with E-state index in [9.17, 15) is 4.79 Å². The Bertz CT molecular complexity index is 487. The minimum Gasteiger partial charge on any atom is -0.491 e. The van der Waals surface area contributed by atoms with E-state index in [2.05, 4.69) is 5.32 Å². The maximum atomic E-state index is 12.2. The highest BCUT2D eigenvalue weighted by molar-refractivity contribution is 5.82. The molecule has 0 radical (unpaired) electrons. The molecule has 1 saturated carbocycles. The Morgan fingerprint density at radius 1 is 1.43 bits per heavy atom. The highest BCUT2D eigenvalue weighted by Crippen LogP contribution is 2.40. The number of nitrogens with one attached hydrogen (secondary N) is 1. The van der Waals surface area contributed by atoms with Crippen molar-refractivity contribution in [1.82, 2.24) is 5.32 Å². The van der Waals surface area contributed by atoms with E-state index in [1.54, 1.807) is 7.05 Å². The van der Waals surface area contributed by atoms with Crippen LogP contribution in [0.3, 0.4) is 0 Å². The molecule has 0 saturated heterocycles. The second kappa shape index (κ2) is 6.91. The molecule has 1 aliphatic rings. The molecular weight excluding hydrogens is 270 g/mol. The molecule has 2 rings (SSSR count). The van der Waals surface area contributed by atoms with E-state index in [1.807, 2.05) is 24.3 Å². The first kappa shape index (κ1) is 15.8. The lowest BCUT2D eigenvalue weighted by atomic mass is 9.94. The minimum atomic E-state index is -0.791. The fourth-order valence-electron chi connectivity index (χ4n) is 2.64. The van der Waals surface area contributed by atoms with Gasteiger partial charge in [0.25, 0.3) is 0 Å². The van der Waals surface area contributed by atoms with Crippen LogP contribution in [0, 0.1) is 5.92 Å². The number of esters is 1. The van der Waals surface area contributed by atoms with E-state index in [-0.39, 0.29) is 25.1 Å². The number of ether oxygens (including phenoxy) is 2. The molecule has 0 amide bonds. The molecule has 0 heterocycles. The molecule has 1 aliphatic carbocycles. The van der Waals surface area contributed by atoms with Crippen LogP contribution in [0.5, 0.6) is 5.75 Å². The maximum absolute atomic E-state index is 12.2. The largest absolute Gasteiger partial charge is 0.491 e. The number of carbonyl (C=O) groups excluding carboxylic acids is 1. The van der Waals surface area contributed by atoms with Crippen LogP contribution in [0.25, 0.3) is 0 Å². The third-order valence-corrected chi connectivity index (χ3v) is 4.08. The highest BCUT2D eigenvalue weighted by atomic mass is 16.5. The number of carbonyl (C=O) groups is 1. The fourth-order valence-corrected chi connectivity index (χ4v) is 2.64. The zero-order valence-electron chi connectivity index (χ0n) is 12.6. The number of rotatable bonds is 8. The van der Waals surface area contributed by atoms with Crippen molar-refractivity contribution >= 4 is 5.97 Å². The van der Waals surface area contributed by atoms with Gasteiger partial charge in [0.05, 0.1) is 7.11 Å². The van der Waals surface area contributed by atoms with Crippen molar-refractivity contribution in [3.63, 3.8) is 0 Å². The van der Waals surface area contributed by atoms with Crippen LogP contribution in [0.15, 0.2) is 24.3 Å². The van der Waals surface area contributed by atoms with Crippen LogP contribution < -0.4 is 10.1 Å². The number of likely N-dealkylation sites (N-methyl/N-ethyl adjacent to an activating group) is 1. The molecule has 2 N–H and O–H groups in total. The van der Waals surface area contributed by atoms with Crippen molar-refractivity contribution < 1.29 is 19.4 Å². The van der Waals surface area contributed by atoms with Crippen molar-refractivity contribution in [1.29, 1.82) is 0 Å². The molecule has 1 aromatic rings. The molecule has 0 aliphatic heterocycles. The molecule has 1 atom stereocenters. The summed E-state index contributed by atoms with van der Waals surface area (Å²) in [7, 11) is 3.16. The van der Waals surface area contributed by atoms with Gasteiger partial charge in [-0.3, -0.25) is 0 Å². The van der Waals surface area contributed by atoms with E-state index in [0.717, 1.165) is 18.4 Å². The normalized spacial score (nSPS) is 17.1. The average molecular weight is 293 g/mol. The van der Waals surface area contributed by atoms with Crippen molar-refractivity contribution in [2.24, 2.45) is 5.92 Å². The summed E-state index contributed by atoms with van der Waals surface area (Å²) in [5.74, 6) is 0.669. The molecule has 21 heavy (non-hydrogen) atoms. The molecule has 5 nitrogen and oxygen atoms in total. The van der Waals surface area contributed by atoms with E-state index in [4.69, 9.17) is 14.6 Å². The first-order valence-corrected chi connectivity index (χ1v) is 7.27. The molecule has 116 valence electrons. The number of aliphatic hydroxyl groups is 1. The van der Waals surface area contributed by atoms with Gasteiger partial charge in [0.1, 0.15) is 12.4 Å². The van der Waals surface area contributed by atoms with E-state index in [1.165, 1.54) is 7.11 Å². The Kier molecular flexibility index (Phi) is 5.20. The summed E-state index contributed by atoms with van der Waals surface area (Å²) in [6, 6.07) is 7.56. The molecule has 5 heteroatoms. The number of hydrogen-bond acceptors (Lipinski definition) is 5. The smallest absolute Gasteiger partial charge is 0.329 e. The van der Waals surface area contributed by atoms with E-state index in [0.29, 0.717) is 12.2 Å². The molecule has 1 aromatic carbocycles. The van der Waals surface area contributed by atoms with Gasteiger partial charge in [-0.2, -0.15) is 0 Å². The van der Waals surface area contributed by atoms with Crippen LogP contribution >= 0.6 is 0 Å². The number of benzene rings is 1. The fraction of sp³-hybridized carbons (Fsp3) is 0.562. The topological polar surface area (TPSA) is 67.8 Å². The summed E-state index contributed by atoms with van der Waals surface area (Å²) in [4.78, 5) is 12.2. The van der Waals surface area contributed by atoms with Gasteiger partial charge in [0.2, 0.25) is 0 Å². The summed E-state index contributed by atoms with van der Waals surface area (Å²) >= 11 is 0. The van der Waals surface area contributed by atoms with E-state index < -0.39 is 5.54 Å². The Hall–Kier alpha value is -1.59. The van der Waals surface area contributed by atoms with Gasteiger partial charge in [-0.05, 0) is 43.9 Å². The quantitative estimate of drug-likeness (QED) is 0.704. The number of aliphatic hydroxyl groups excluding tert-OH is 1. The first-order chi connectivity index (χ1) is 10.2. The number of para-hydroxylation sites is 1. The summed E-state index contributed by atoms with van der Waals surface area (Å²) < 4.78 is 10.8. The van der Waals surface area contributed by atoms with Crippen molar-refractivity contribution in [3.8, 4) is 5.75 Å². The van der Waals surface area contributed by atoms with Gasteiger partial charge < -0.3 is 19.9 Å². The van der Waals surface area contributed by atoms with Crippen LogP contribution in [0.2, 0.25) is 0 Å². The third-order valence-electron chi connectivity index (χ3n) is 4.08. The lowest BCUT2D eigenvalue weighted by Gasteiger charge is -2.30. The average Bonchev–Trinajstić information content (AvgIpc) is 3.35. The number of hydrogen-bond donors (Lipinski definition) is 2. The zero-order valence-corrected chi connectivity index (χ0v) is 12.6. The zero-order chi connectivity index (χ0) is 15.3. The van der Waals surface area contributed by atoms with Crippen molar-refractivity contribution in [2.75, 3.05) is 27.4 Å². The molecule has 0 spiro atoms. The second-order valence-corrected chi connectivity index (χ2v) is 5.36. The minimum absolute atomic E-state index is 0.0666. The van der Waals surface area contributed by atoms with Gasteiger partial charge in [0, 0.05) is 6.61 Å². The summed E-state index contributed by atoms with van der Waals surface area (Å²) in [6.07, 6.45) is 2.53. The molecule has 1 fully saturated rings. The van der Waals surface area contributed by atoms with Crippen molar-refractivity contribution in [2.45, 2.75) is 24.8 Å². The molecule has 1 unspecified atom stereocenters. The highest BCUT2D eigenvalue weighted by Gasteiger charge is 2.51. The Morgan fingerprint density at radius 2 is 2.14 bits per heavy atom. The standard InChI is InChI=1S/C16H23NO4/c1-17-16(13-7-8-13,15(19)20-2)11-21-14-6-4-3-5-12(14)9-10-18/h3-6,13,17-18H,7-11H2,1-2H3. The van der Waals surface area contributed by atoms with Crippen LogP contribution in [0.1, 0.15) is 18.4 Å². The Morgan fingerprint density at radius 3 is 2.71 bits per heavy atom. The lowest BCUT2D eigenvalue weighted by molar-refractivity contribution is -0.151. The SMILES string of the molecule is CNC(COc1ccccc1CCO)(C(=O)OC)C1CC1. The Labute approximate surface area is 125 Å². The predicted octanol–water partition coefficient (Wildman–Crippen LogP) is 1.14. The van der Waals surface area contributed by atoms with E-state index >= 15 is 0 Å². The lowest BCUT2D eigenvalue weighted by Crippen LogP contribution is -2.57. The third kappa shape index (κ3) is 3.36. The first-order valence-electron chi connectivity index (χ1n) is 7.27. The van der Waals surface area contributed by atoms with Gasteiger partial charge in [-0.1, -0.05) is 18.2 Å². The predicted molar refractivity (Wildman–Crippen MR) is 79.3 cm³/mol. The van der Waals surface area contributed by atoms with Crippen LogP contribution in [-0.2, 0) is 16.0 Å². The van der Waals surface area contributed by atoms with Crippen LogP contribution in [-0.4, -0.2) is 44.0 Å². The summed E-state index contributed by atoms with van der Waals surface area (Å²) in [5, 5.41) is 12.2.